The van der Waals surface area contributed by atoms with Crippen LogP contribution in [0.15, 0.2) is 60.7 Å². The lowest BCUT2D eigenvalue weighted by atomic mass is 10.0. The van der Waals surface area contributed by atoms with Crippen molar-refractivity contribution < 1.29 is 14.3 Å². The first kappa shape index (κ1) is 23.6. The number of rotatable bonds is 13. The van der Waals surface area contributed by atoms with Gasteiger partial charge in [-0.3, -0.25) is 14.5 Å². The molecule has 0 unspecified atom stereocenters. The van der Waals surface area contributed by atoms with E-state index >= 15 is 0 Å². The number of carbonyl (C=O) groups excluding carboxylic acids is 2. The van der Waals surface area contributed by atoms with Gasteiger partial charge in [0.2, 0.25) is 11.8 Å². The molecule has 0 fully saturated rings. The maximum Gasteiger partial charge on any atom is 0.231 e. The van der Waals surface area contributed by atoms with Crippen LogP contribution in [0.4, 0.5) is 11.4 Å². The molecule has 0 saturated carbocycles. The van der Waals surface area contributed by atoms with Crippen LogP contribution < -0.4 is 10.2 Å². The summed E-state index contributed by atoms with van der Waals surface area (Å²) in [6.45, 7) is 6.13. The zero-order valence-electron chi connectivity index (χ0n) is 18.2. The molecular formula is C25H34N2O3. The molecule has 2 amide bonds. The number of amides is 2. The summed E-state index contributed by atoms with van der Waals surface area (Å²) in [5, 5.41) is 2.93. The van der Waals surface area contributed by atoms with Gasteiger partial charge in [0.25, 0.3) is 0 Å². The smallest absolute Gasteiger partial charge is 0.231 e. The van der Waals surface area contributed by atoms with Gasteiger partial charge >= 0.3 is 0 Å². The molecule has 2 rings (SSSR count). The van der Waals surface area contributed by atoms with Crippen molar-refractivity contribution in [1.82, 2.24) is 5.32 Å². The van der Waals surface area contributed by atoms with E-state index in [9.17, 15) is 9.59 Å². The van der Waals surface area contributed by atoms with Gasteiger partial charge in [0.15, 0.2) is 0 Å². The van der Waals surface area contributed by atoms with Gasteiger partial charge < -0.3 is 10.1 Å². The van der Waals surface area contributed by atoms with Crippen LogP contribution in [0, 0.1) is 5.92 Å². The van der Waals surface area contributed by atoms with Gasteiger partial charge in [-0.2, -0.15) is 0 Å². The van der Waals surface area contributed by atoms with Crippen LogP contribution in [0.5, 0.6) is 0 Å². The van der Waals surface area contributed by atoms with E-state index in [4.69, 9.17) is 4.74 Å². The van der Waals surface area contributed by atoms with Crippen LogP contribution in [0.1, 0.15) is 46.0 Å². The van der Waals surface area contributed by atoms with E-state index in [1.165, 1.54) is 0 Å². The highest BCUT2D eigenvalue weighted by Gasteiger charge is 2.21. The van der Waals surface area contributed by atoms with E-state index in [0.29, 0.717) is 26.0 Å². The molecule has 1 atom stereocenters. The normalized spacial score (nSPS) is 11.7. The molecule has 0 aliphatic carbocycles. The summed E-state index contributed by atoms with van der Waals surface area (Å²) in [7, 11) is 0. The van der Waals surface area contributed by atoms with Crippen molar-refractivity contribution >= 4 is 23.2 Å². The van der Waals surface area contributed by atoms with E-state index in [1.54, 1.807) is 4.90 Å². The second-order valence-corrected chi connectivity index (χ2v) is 7.58. The minimum Gasteiger partial charge on any atom is -0.381 e. The fraction of sp³-hybridized carbons (Fsp3) is 0.440. The van der Waals surface area contributed by atoms with Gasteiger partial charge in [0.1, 0.15) is 0 Å². The maximum absolute atomic E-state index is 13.1. The second kappa shape index (κ2) is 13.5. The van der Waals surface area contributed by atoms with E-state index in [0.717, 1.165) is 37.2 Å². The van der Waals surface area contributed by atoms with Crippen molar-refractivity contribution in [3.8, 4) is 0 Å². The SMILES string of the molecule is CCCCOCCCNC(=O)C[C@@H](C)CC(=O)N(c1ccccc1)c1ccccc1. The molecule has 5 heteroatoms. The summed E-state index contributed by atoms with van der Waals surface area (Å²) < 4.78 is 5.50. The van der Waals surface area contributed by atoms with Crippen LogP contribution in [0.25, 0.3) is 0 Å². The van der Waals surface area contributed by atoms with Gasteiger partial charge in [-0.25, -0.2) is 0 Å². The van der Waals surface area contributed by atoms with Gasteiger partial charge in [-0.05, 0) is 43.0 Å². The van der Waals surface area contributed by atoms with Gasteiger partial charge in [0, 0.05) is 44.0 Å². The lowest BCUT2D eigenvalue weighted by Gasteiger charge is -2.24. The fourth-order valence-electron chi connectivity index (χ4n) is 3.19. The maximum atomic E-state index is 13.1. The molecule has 0 aromatic heterocycles. The Bertz CT molecular complexity index is 710. The summed E-state index contributed by atoms with van der Waals surface area (Å²) in [4.78, 5) is 27.0. The van der Waals surface area contributed by atoms with Crippen LogP contribution in [0.3, 0.4) is 0 Å². The number of nitrogens with one attached hydrogen (secondary N) is 1. The Morgan fingerprint density at radius 2 is 1.47 bits per heavy atom. The highest BCUT2D eigenvalue weighted by atomic mass is 16.5. The average molecular weight is 411 g/mol. The van der Waals surface area contributed by atoms with E-state index in [1.807, 2.05) is 67.6 Å². The van der Waals surface area contributed by atoms with Crippen molar-refractivity contribution in [3.63, 3.8) is 0 Å². The minimum absolute atomic E-state index is 0.0166. The van der Waals surface area contributed by atoms with Crippen molar-refractivity contribution in [2.24, 2.45) is 5.92 Å². The monoisotopic (exact) mass is 410 g/mol. The number of nitrogens with zero attached hydrogens (tertiary/aromatic N) is 1. The lowest BCUT2D eigenvalue weighted by Crippen LogP contribution is -2.30. The van der Waals surface area contributed by atoms with Crippen LogP contribution >= 0.6 is 0 Å². The van der Waals surface area contributed by atoms with Crippen molar-refractivity contribution in [3.05, 3.63) is 60.7 Å². The minimum atomic E-state index is -0.0479. The summed E-state index contributed by atoms with van der Waals surface area (Å²) in [6, 6.07) is 19.2. The summed E-state index contributed by atoms with van der Waals surface area (Å²) >= 11 is 0. The number of anilines is 2. The first-order valence-electron chi connectivity index (χ1n) is 10.9. The predicted octanol–water partition coefficient (Wildman–Crippen LogP) is 5.09. The molecule has 1 N–H and O–H groups in total. The molecular weight excluding hydrogens is 376 g/mol. The molecule has 0 saturated heterocycles. The lowest BCUT2D eigenvalue weighted by molar-refractivity contribution is -0.122. The summed E-state index contributed by atoms with van der Waals surface area (Å²) in [6.07, 6.45) is 3.63. The Kier molecular flexibility index (Phi) is 10.7. The van der Waals surface area contributed by atoms with Gasteiger partial charge in [-0.1, -0.05) is 56.7 Å². The molecule has 0 spiro atoms. The Morgan fingerprint density at radius 1 is 0.900 bits per heavy atom. The number of carbonyl (C=O) groups is 2. The number of benzene rings is 2. The molecule has 2 aromatic carbocycles. The number of hydrogen-bond donors (Lipinski definition) is 1. The molecule has 0 heterocycles. The molecule has 2 aromatic rings. The molecule has 30 heavy (non-hydrogen) atoms. The molecule has 0 aliphatic rings. The van der Waals surface area contributed by atoms with Gasteiger partial charge in [-0.15, -0.1) is 0 Å². The first-order chi connectivity index (χ1) is 14.6. The third-order valence-corrected chi connectivity index (χ3v) is 4.76. The Balaban J connectivity index is 1.83. The Hall–Kier alpha value is -2.66. The molecule has 0 radical (unpaired) electrons. The van der Waals surface area contributed by atoms with Crippen molar-refractivity contribution in [2.45, 2.75) is 46.0 Å². The van der Waals surface area contributed by atoms with E-state index < -0.39 is 0 Å². The second-order valence-electron chi connectivity index (χ2n) is 7.58. The van der Waals surface area contributed by atoms with Crippen LogP contribution in [-0.2, 0) is 14.3 Å². The molecule has 5 nitrogen and oxygen atoms in total. The molecule has 0 aliphatic heterocycles. The summed E-state index contributed by atoms with van der Waals surface area (Å²) in [5.41, 5.74) is 1.65. The largest absolute Gasteiger partial charge is 0.381 e. The number of unbranched alkanes of at least 4 members (excludes halogenated alkanes) is 1. The Labute approximate surface area is 180 Å². The Morgan fingerprint density at radius 3 is 2.03 bits per heavy atom. The molecule has 162 valence electrons. The average Bonchev–Trinajstić information content (AvgIpc) is 2.74. The quantitative estimate of drug-likeness (QED) is 0.468. The van der Waals surface area contributed by atoms with Crippen molar-refractivity contribution in [2.75, 3.05) is 24.7 Å². The highest BCUT2D eigenvalue weighted by molar-refractivity contribution is 6.00. The van der Waals surface area contributed by atoms with E-state index in [-0.39, 0.29) is 17.7 Å². The van der Waals surface area contributed by atoms with Crippen LogP contribution in [-0.4, -0.2) is 31.6 Å². The van der Waals surface area contributed by atoms with Crippen LogP contribution in [0.2, 0.25) is 0 Å². The van der Waals surface area contributed by atoms with E-state index in [2.05, 4.69) is 12.2 Å². The fourth-order valence-corrected chi connectivity index (χ4v) is 3.19. The molecule has 0 bridgehead atoms. The number of hydrogen-bond acceptors (Lipinski definition) is 3. The van der Waals surface area contributed by atoms with Gasteiger partial charge in [0.05, 0.1) is 0 Å². The van der Waals surface area contributed by atoms with Crippen molar-refractivity contribution in [1.29, 1.82) is 0 Å². The third-order valence-electron chi connectivity index (χ3n) is 4.76. The highest BCUT2D eigenvalue weighted by Crippen LogP contribution is 2.27. The third kappa shape index (κ3) is 8.37. The topological polar surface area (TPSA) is 58.6 Å². The predicted molar refractivity (Wildman–Crippen MR) is 122 cm³/mol. The summed E-state index contributed by atoms with van der Waals surface area (Å²) in [5.74, 6) is -0.0833. The number of para-hydroxylation sites is 2. The standard InChI is InChI=1S/C25H34N2O3/c1-3-4-17-30-18-11-16-26-24(28)19-21(2)20-25(29)27(22-12-7-5-8-13-22)23-14-9-6-10-15-23/h5-10,12-15,21H,3-4,11,16-20H2,1-2H3,(H,26,28)/t21-/m1/s1. The zero-order chi connectivity index (χ0) is 21.6. The zero-order valence-corrected chi connectivity index (χ0v) is 18.2. The first-order valence-corrected chi connectivity index (χ1v) is 10.9. The number of ether oxygens (including phenoxy) is 1.